The highest BCUT2D eigenvalue weighted by Gasteiger charge is 1.94. The molecule has 0 aliphatic rings. The molecule has 0 aromatic rings. The van der Waals surface area contributed by atoms with E-state index in [0.717, 1.165) is 19.3 Å². The highest BCUT2D eigenvalue weighted by atomic mass is 14.0. The van der Waals surface area contributed by atoms with Crippen LogP contribution >= 0.6 is 0 Å². The minimum absolute atomic E-state index is 1.03. The van der Waals surface area contributed by atoms with E-state index < -0.39 is 0 Å². The summed E-state index contributed by atoms with van der Waals surface area (Å²) in [6, 6.07) is 0. The summed E-state index contributed by atoms with van der Waals surface area (Å²) in [5.74, 6) is 0. The van der Waals surface area contributed by atoms with Gasteiger partial charge < -0.3 is 0 Å². The van der Waals surface area contributed by atoms with Gasteiger partial charge in [0, 0.05) is 0 Å². The predicted molar refractivity (Wildman–Crippen MR) is 103 cm³/mol. The van der Waals surface area contributed by atoms with E-state index in [2.05, 4.69) is 26.0 Å². The fourth-order valence-corrected chi connectivity index (χ4v) is 2.91. The minimum atomic E-state index is 1.03. The third kappa shape index (κ3) is 19.7. The summed E-state index contributed by atoms with van der Waals surface area (Å²) in [6.07, 6.45) is 29.3. The quantitative estimate of drug-likeness (QED) is 0.177. The van der Waals surface area contributed by atoms with Gasteiger partial charge in [0.05, 0.1) is 0 Å². The van der Waals surface area contributed by atoms with Crippen LogP contribution in [0.4, 0.5) is 0 Å². The largest absolute Gasteiger partial charge is 0.0885 e. The van der Waals surface area contributed by atoms with Crippen LogP contribution in [0.1, 0.15) is 116 Å². The number of allylic oxidation sites excluding steroid dienone is 2. The molecule has 0 aromatic carbocycles. The van der Waals surface area contributed by atoms with Crippen molar-refractivity contribution in [1.82, 2.24) is 0 Å². The maximum Gasteiger partial charge on any atom is -0.0351 e. The van der Waals surface area contributed by atoms with Gasteiger partial charge in [-0.3, -0.25) is 0 Å². The Morgan fingerprint density at radius 1 is 0.364 bits per heavy atom. The van der Waals surface area contributed by atoms with Crippen LogP contribution in [0.25, 0.3) is 0 Å². The lowest BCUT2D eigenvalue weighted by atomic mass is 10.0. The average molecular weight is 307 g/mol. The van der Waals surface area contributed by atoms with Crippen LogP contribution in [-0.2, 0) is 0 Å². The van der Waals surface area contributed by atoms with Crippen LogP contribution in [0, 0.1) is 13.8 Å². The van der Waals surface area contributed by atoms with Crippen LogP contribution in [0.2, 0.25) is 0 Å². The average Bonchev–Trinajstić information content (AvgIpc) is 2.54. The van der Waals surface area contributed by atoms with Gasteiger partial charge in [-0.15, -0.1) is 0 Å². The van der Waals surface area contributed by atoms with Crippen molar-refractivity contribution < 1.29 is 0 Å². The highest BCUT2D eigenvalue weighted by molar-refractivity contribution is 4.81. The molecule has 0 aliphatic heterocycles. The zero-order valence-electron chi connectivity index (χ0n) is 15.3. The molecule has 0 saturated carbocycles. The van der Waals surface area contributed by atoms with Crippen LogP contribution in [0.5, 0.6) is 0 Å². The second-order valence-electron chi connectivity index (χ2n) is 6.71. The van der Waals surface area contributed by atoms with Crippen molar-refractivity contribution >= 4 is 0 Å². The molecule has 0 N–H and O–H groups in total. The Bertz CT molecular complexity index is 204. The molecule has 0 spiro atoms. The fourth-order valence-electron chi connectivity index (χ4n) is 2.91. The molecule has 2 radical (unpaired) electrons. The first-order chi connectivity index (χ1) is 10.9. The van der Waals surface area contributed by atoms with Crippen molar-refractivity contribution in [1.29, 1.82) is 0 Å². The summed E-state index contributed by atoms with van der Waals surface area (Å²) in [7, 11) is 0. The van der Waals surface area contributed by atoms with Crippen molar-refractivity contribution in [3.8, 4) is 0 Å². The van der Waals surface area contributed by atoms with Gasteiger partial charge in [0.2, 0.25) is 0 Å². The normalized spacial score (nSPS) is 11.5. The van der Waals surface area contributed by atoms with Gasteiger partial charge in [-0.25, -0.2) is 0 Å². The fraction of sp³-hybridized carbons (Fsp3) is 0.818. The summed E-state index contributed by atoms with van der Waals surface area (Å²) in [6.45, 7) is 7.74. The van der Waals surface area contributed by atoms with Crippen LogP contribution in [-0.4, -0.2) is 0 Å². The van der Waals surface area contributed by atoms with Gasteiger partial charge in [0.1, 0.15) is 0 Å². The first kappa shape index (κ1) is 21.7. The predicted octanol–water partition coefficient (Wildman–Crippen LogP) is 8.23. The monoisotopic (exact) mass is 306 g/mol. The third-order valence-corrected chi connectivity index (χ3v) is 4.41. The van der Waals surface area contributed by atoms with Gasteiger partial charge in [0.15, 0.2) is 0 Å². The molecule has 0 heteroatoms. The van der Waals surface area contributed by atoms with Gasteiger partial charge >= 0.3 is 0 Å². The van der Waals surface area contributed by atoms with E-state index in [1.165, 1.54) is 96.3 Å². The second-order valence-corrected chi connectivity index (χ2v) is 6.71. The molecule has 0 heterocycles. The van der Waals surface area contributed by atoms with Crippen molar-refractivity contribution in [2.45, 2.75) is 116 Å². The van der Waals surface area contributed by atoms with E-state index in [-0.39, 0.29) is 0 Å². The molecular weight excluding hydrogens is 264 g/mol. The molecule has 0 amide bonds. The zero-order valence-corrected chi connectivity index (χ0v) is 15.3. The lowest BCUT2D eigenvalue weighted by Crippen LogP contribution is -1.83. The van der Waals surface area contributed by atoms with Gasteiger partial charge in [-0.1, -0.05) is 116 Å². The maximum atomic E-state index is 3.89. The third-order valence-electron chi connectivity index (χ3n) is 4.41. The van der Waals surface area contributed by atoms with Crippen molar-refractivity contribution in [2.24, 2.45) is 0 Å². The Labute approximate surface area is 142 Å². The van der Waals surface area contributed by atoms with E-state index >= 15 is 0 Å². The first-order valence-electron chi connectivity index (χ1n) is 10.1. The molecule has 22 heavy (non-hydrogen) atoms. The van der Waals surface area contributed by atoms with E-state index in [0.29, 0.717) is 0 Å². The SMILES string of the molecule is [CH2]CC/C=C/CCCCCCCCCCCCCCCC[CH2]. The molecular formula is C22H42. The van der Waals surface area contributed by atoms with Crippen LogP contribution in [0.3, 0.4) is 0 Å². The molecule has 0 nitrogen and oxygen atoms in total. The number of hydrogen-bond acceptors (Lipinski definition) is 0. The molecule has 0 aliphatic carbocycles. The topological polar surface area (TPSA) is 0 Å². The highest BCUT2D eigenvalue weighted by Crippen LogP contribution is 2.13. The van der Waals surface area contributed by atoms with E-state index in [4.69, 9.17) is 0 Å². The molecule has 0 atom stereocenters. The number of unbranched alkanes of at least 4 members (excludes halogenated alkanes) is 16. The lowest BCUT2D eigenvalue weighted by Gasteiger charge is -2.03. The molecule has 0 rings (SSSR count). The Morgan fingerprint density at radius 3 is 1.14 bits per heavy atom. The molecule has 0 fully saturated rings. The summed E-state index contributed by atoms with van der Waals surface area (Å²) in [5, 5.41) is 0. The van der Waals surface area contributed by atoms with Crippen LogP contribution < -0.4 is 0 Å². The van der Waals surface area contributed by atoms with Gasteiger partial charge in [-0.05, 0) is 25.7 Å². The number of hydrogen-bond donors (Lipinski definition) is 0. The summed E-state index contributed by atoms with van der Waals surface area (Å²) in [5.41, 5.74) is 0. The Hall–Kier alpha value is -0.260. The Balaban J connectivity index is 2.97. The summed E-state index contributed by atoms with van der Waals surface area (Å²) in [4.78, 5) is 0. The van der Waals surface area contributed by atoms with E-state index in [1.54, 1.807) is 0 Å². The zero-order chi connectivity index (χ0) is 16.1. The van der Waals surface area contributed by atoms with Gasteiger partial charge in [-0.2, -0.15) is 0 Å². The molecule has 0 bridgehead atoms. The second kappa shape index (κ2) is 20.7. The maximum absolute atomic E-state index is 3.89. The van der Waals surface area contributed by atoms with E-state index in [9.17, 15) is 0 Å². The van der Waals surface area contributed by atoms with E-state index in [1.807, 2.05) is 0 Å². The molecule has 130 valence electrons. The summed E-state index contributed by atoms with van der Waals surface area (Å²) < 4.78 is 0. The molecule has 0 unspecified atom stereocenters. The number of rotatable bonds is 18. The molecule has 0 saturated heterocycles. The van der Waals surface area contributed by atoms with Crippen LogP contribution in [0.15, 0.2) is 12.2 Å². The first-order valence-corrected chi connectivity index (χ1v) is 10.1. The Morgan fingerprint density at radius 2 is 0.727 bits per heavy atom. The van der Waals surface area contributed by atoms with Crippen molar-refractivity contribution in [3.63, 3.8) is 0 Å². The summed E-state index contributed by atoms with van der Waals surface area (Å²) >= 11 is 0. The Kier molecular flexibility index (Phi) is 20.5. The lowest BCUT2D eigenvalue weighted by molar-refractivity contribution is 0.534. The van der Waals surface area contributed by atoms with Gasteiger partial charge in [0.25, 0.3) is 0 Å². The smallest absolute Gasteiger partial charge is 0.0351 e. The molecule has 0 aromatic heterocycles. The van der Waals surface area contributed by atoms with Crippen molar-refractivity contribution in [3.05, 3.63) is 26.0 Å². The van der Waals surface area contributed by atoms with Crippen molar-refractivity contribution in [2.75, 3.05) is 0 Å². The standard InChI is InChI=1S/C22H42/c1-3-5-7-9-11-13-15-17-19-21-22-20-18-16-14-12-10-8-6-4-2/h7,9H,1-6,8,10-22H2/b9-7+. The minimum Gasteiger partial charge on any atom is -0.0885 e.